The predicted octanol–water partition coefficient (Wildman–Crippen LogP) is 0.668. The summed E-state index contributed by atoms with van der Waals surface area (Å²) in [5.74, 6) is -1.06. The topological polar surface area (TPSA) is 87.1 Å². The van der Waals surface area contributed by atoms with Crippen LogP contribution in [-0.2, 0) is 4.79 Å². The van der Waals surface area contributed by atoms with Crippen molar-refractivity contribution in [3.8, 4) is 6.07 Å². The monoisotopic (exact) mass is 216 g/mol. The van der Waals surface area contributed by atoms with E-state index in [0.29, 0.717) is 12.8 Å². The standard InChI is InChI=1S/C9H13ClN2O2/c10-8(4-2-1-3-5-8)9(14,6-11)7(12)13/h14H,1-5H2,(H2,12,13). The first-order valence-corrected chi connectivity index (χ1v) is 4.96. The number of nitrogens with two attached hydrogens (primary N) is 1. The van der Waals surface area contributed by atoms with Gasteiger partial charge in [0.2, 0.25) is 5.60 Å². The Bertz CT molecular complexity index is 281. The molecule has 0 aromatic rings. The fourth-order valence-electron chi connectivity index (χ4n) is 1.85. The normalized spacial score (nSPS) is 24.6. The SMILES string of the molecule is N#CC(O)(C(N)=O)C1(Cl)CCCCC1. The zero-order valence-corrected chi connectivity index (χ0v) is 8.55. The molecule has 1 amide bonds. The number of primary amides is 1. The zero-order chi connectivity index (χ0) is 10.8. The molecule has 0 bridgehead atoms. The van der Waals surface area contributed by atoms with Gasteiger partial charge in [0.05, 0.1) is 4.87 Å². The van der Waals surface area contributed by atoms with Crippen LogP contribution in [0.25, 0.3) is 0 Å². The van der Waals surface area contributed by atoms with Crippen LogP contribution in [0.3, 0.4) is 0 Å². The van der Waals surface area contributed by atoms with Crippen LogP contribution in [0.15, 0.2) is 0 Å². The third-order valence-electron chi connectivity index (χ3n) is 2.81. The van der Waals surface area contributed by atoms with Gasteiger partial charge in [-0.2, -0.15) is 5.26 Å². The number of nitriles is 1. The van der Waals surface area contributed by atoms with Gasteiger partial charge in [0.1, 0.15) is 6.07 Å². The molecule has 3 N–H and O–H groups in total. The van der Waals surface area contributed by atoms with E-state index in [2.05, 4.69) is 0 Å². The second-order valence-electron chi connectivity index (χ2n) is 3.71. The van der Waals surface area contributed by atoms with E-state index in [0.717, 1.165) is 19.3 Å². The summed E-state index contributed by atoms with van der Waals surface area (Å²) in [6.07, 6.45) is 3.51. The Morgan fingerprint density at radius 2 is 2.00 bits per heavy atom. The number of alkyl halides is 1. The average Bonchev–Trinajstić information content (AvgIpc) is 2.17. The number of amides is 1. The zero-order valence-electron chi connectivity index (χ0n) is 7.79. The Labute approximate surface area is 87.6 Å². The van der Waals surface area contributed by atoms with Gasteiger partial charge in [-0.05, 0) is 12.8 Å². The summed E-state index contributed by atoms with van der Waals surface area (Å²) in [7, 11) is 0. The number of nitrogens with zero attached hydrogens (tertiary/aromatic N) is 1. The molecule has 0 aliphatic heterocycles. The van der Waals surface area contributed by atoms with Crippen LogP contribution in [0.2, 0.25) is 0 Å². The van der Waals surface area contributed by atoms with Gasteiger partial charge in [-0.3, -0.25) is 4.79 Å². The minimum absolute atomic E-state index is 0.446. The van der Waals surface area contributed by atoms with Crippen LogP contribution in [0.4, 0.5) is 0 Å². The van der Waals surface area contributed by atoms with E-state index in [4.69, 9.17) is 22.6 Å². The average molecular weight is 217 g/mol. The highest BCUT2D eigenvalue weighted by molar-refractivity contribution is 6.27. The van der Waals surface area contributed by atoms with E-state index in [1.165, 1.54) is 6.07 Å². The molecule has 1 aliphatic carbocycles. The molecule has 1 fully saturated rings. The summed E-state index contributed by atoms with van der Waals surface area (Å²) < 4.78 is 0. The molecule has 1 saturated carbocycles. The molecule has 1 aliphatic rings. The minimum atomic E-state index is -2.24. The van der Waals surface area contributed by atoms with Gasteiger partial charge >= 0.3 is 0 Å². The molecule has 4 nitrogen and oxygen atoms in total. The lowest BCUT2D eigenvalue weighted by molar-refractivity contribution is -0.134. The van der Waals surface area contributed by atoms with Crippen molar-refractivity contribution in [3.63, 3.8) is 0 Å². The maximum absolute atomic E-state index is 11.0. The number of aliphatic hydroxyl groups is 1. The van der Waals surface area contributed by atoms with Crippen molar-refractivity contribution < 1.29 is 9.90 Å². The van der Waals surface area contributed by atoms with E-state index in [9.17, 15) is 9.90 Å². The smallest absolute Gasteiger partial charge is 0.266 e. The molecule has 78 valence electrons. The van der Waals surface area contributed by atoms with Crippen molar-refractivity contribution in [1.29, 1.82) is 5.26 Å². The van der Waals surface area contributed by atoms with Gasteiger partial charge in [0, 0.05) is 0 Å². The van der Waals surface area contributed by atoms with Crippen molar-refractivity contribution in [2.75, 3.05) is 0 Å². The van der Waals surface area contributed by atoms with Gasteiger partial charge in [-0.25, -0.2) is 0 Å². The molecule has 1 atom stereocenters. The Kier molecular flexibility index (Phi) is 3.03. The molecule has 1 rings (SSSR count). The maximum atomic E-state index is 11.0. The largest absolute Gasteiger partial charge is 0.366 e. The number of rotatable bonds is 2. The highest BCUT2D eigenvalue weighted by Crippen LogP contribution is 2.42. The molecule has 5 heteroatoms. The van der Waals surface area contributed by atoms with Crippen LogP contribution in [0, 0.1) is 11.3 Å². The minimum Gasteiger partial charge on any atom is -0.366 e. The predicted molar refractivity (Wildman–Crippen MR) is 51.4 cm³/mol. The Morgan fingerprint density at radius 3 is 2.36 bits per heavy atom. The molecule has 0 heterocycles. The van der Waals surface area contributed by atoms with Crippen LogP contribution in [0.5, 0.6) is 0 Å². The van der Waals surface area contributed by atoms with Crippen molar-refractivity contribution in [1.82, 2.24) is 0 Å². The van der Waals surface area contributed by atoms with E-state index in [1.54, 1.807) is 0 Å². The molecule has 0 radical (unpaired) electrons. The molecular weight excluding hydrogens is 204 g/mol. The first kappa shape index (κ1) is 11.3. The van der Waals surface area contributed by atoms with Crippen LogP contribution in [-0.4, -0.2) is 21.5 Å². The van der Waals surface area contributed by atoms with Gasteiger partial charge in [-0.1, -0.05) is 19.3 Å². The molecule has 1 unspecified atom stereocenters. The fourth-order valence-corrected chi connectivity index (χ4v) is 2.25. The van der Waals surface area contributed by atoms with Crippen molar-refractivity contribution >= 4 is 17.5 Å². The third-order valence-corrected chi connectivity index (χ3v) is 3.46. The maximum Gasteiger partial charge on any atom is 0.266 e. The van der Waals surface area contributed by atoms with Crippen LogP contribution < -0.4 is 5.73 Å². The highest BCUT2D eigenvalue weighted by Gasteiger charge is 2.54. The number of carbonyl (C=O) groups is 1. The Morgan fingerprint density at radius 1 is 1.50 bits per heavy atom. The number of hydrogen-bond donors (Lipinski definition) is 2. The van der Waals surface area contributed by atoms with Crippen molar-refractivity contribution in [2.24, 2.45) is 5.73 Å². The fraction of sp³-hybridized carbons (Fsp3) is 0.778. The molecule has 0 aromatic carbocycles. The summed E-state index contributed by atoms with van der Waals surface area (Å²) in [6, 6.07) is 1.54. The molecule has 0 saturated heterocycles. The van der Waals surface area contributed by atoms with E-state index in [-0.39, 0.29) is 0 Å². The van der Waals surface area contributed by atoms with Crippen molar-refractivity contribution in [2.45, 2.75) is 42.6 Å². The van der Waals surface area contributed by atoms with Crippen LogP contribution >= 0.6 is 11.6 Å². The second kappa shape index (κ2) is 3.76. The molecule has 0 aromatic heterocycles. The van der Waals surface area contributed by atoms with Crippen LogP contribution in [0.1, 0.15) is 32.1 Å². The van der Waals surface area contributed by atoms with Gasteiger partial charge < -0.3 is 10.8 Å². The summed E-state index contributed by atoms with van der Waals surface area (Å²) in [5, 5.41) is 18.6. The van der Waals surface area contributed by atoms with E-state index in [1.807, 2.05) is 0 Å². The lowest BCUT2D eigenvalue weighted by Gasteiger charge is -2.38. The third kappa shape index (κ3) is 1.58. The lowest BCUT2D eigenvalue weighted by Crippen LogP contribution is -2.58. The second-order valence-corrected chi connectivity index (χ2v) is 4.44. The van der Waals surface area contributed by atoms with Gasteiger partial charge in [0.25, 0.3) is 5.91 Å². The molecular formula is C9H13ClN2O2. The first-order valence-electron chi connectivity index (χ1n) is 4.59. The number of hydrogen-bond acceptors (Lipinski definition) is 3. The number of carbonyl (C=O) groups excluding carboxylic acids is 1. The highest BCUT2D eigenvalue weighted by atomic mass is 35.5. The van der Waals surface area contributed by atoms with Crippen molar-refractivity contribution in [3.05, 3.63) is 0 Å². The Hall–Kier alpha value is -0.790. The lowest BCUT2D eigenvalue weighted by atomic mass is 9.76. The number of halogens is 1. The summed E-state index contributed by atoms with van der Waals surface area (Å²) >= 11 is 6.10. The summed E-state index contributed by atoms with van der Waals surface area (Å²) in [4.78, 5) is 9.82. The molecule has 0 spiro atoms. The molecule has 14 heavy (non-hydrogen) atoms. The first-order chi connectivity index (χ1) is 6.46. The summed E-state index contributed by atoms with van der Waals surface area (Å²) in [6.45, 7) is 0. The van der Waals surface area contributed by atoms with Gasteiger partial charge in [0.15, 0.2) is 0 Å². The van der Waals surface area contributed by atoms with Gasteiger partial charge in [-0.15, -0.1) is 11.6 Å². The Balaban J connectivity index is 2.98. The summed E-state index contributed by atoms with van der Waals surface area (Å²) in [5.41, 5.74) is 2.76. The van der Waals surface area contributed by atoms with E-state index >= 15 is 0 Å². The quantitative estimate of drug-likeness (QED) is 0.525. The van der Waals surface area contributed by atoms with E-state index < -0.39 is 16.4 Å².